The van der Waals surface area contributed by atoms with Crippen molar-refractivity contribution in [2.75, 3.05) is 0 Å². The summed E-state index contributed by atoms with van der Waals surface area (Å²) in [7, 11) is 0. The molecule has 0 bridgehead atoms. The third kappa shape index (κ3) is 5.64. The third-order valence-electron chi connectivity index (χ3n) is 4.45. The molecule has 0 N–H and O–H groups in total. The fraction of sp³-hybridized carbons (Fsp3) is 0.214. The van der Waals surface area contributed by atoms with Crippen molar-refractivity contribution in [3.8, 4) is 22.9 Å². The van der Waals surface area contributed by atoms with Gasteiger partial charge in [-0.2, -0.15) is 0 Å². The minimum atomic E-state index is -0.438. The molecule has 0 amide bonds. The molecule has 6 heteroatoms. The van der Waals surface area contributed by atoms with Crippen molar-refractivity contribution < 1.29 is 8.83 Å². The quantitative estimate of drug-likeness (QED) is 0.280. The van der Waals surface area contributed by atoms with Crippen LogP contribution >= 0.6 is 0 Å². The van der Waals surface area contributed by atoms with Crippen LogP contribution in [0.1, 0.15) is 41.5 Å². The van der Waals surface area contributed by atoms with Crippen LogP contribution in [0.2, 0.25) is 0 Å². The summed E-state index contributed by atoms with van der Waals surface area (Å²) in [6.07, 6.45) is 0. The first kappa shape index (κ1) is 26.2. The van der Waals surface area contributed by atoms with Crippen LogP contribution in [0.15, 0.2) is 91.2 Å². The molecule has 0 spiro atoms. The summed E-state index contributed by atoms with van der Waals surface area (Å²) < 4.78 is 10.7. The first-order valence-electron chi connectivity index (χ1n) is 11.6. The average molecular weight is 459 g/mol. The van der Waals surface area contributed by atoms with Gasteiger partial charge in [-0.15, -0.1) is 0 Å². The highest BCUT2D eigenvalue weighted by atomic mass is 16.4. The Bertz CT molecular complexity index is 1340. The molecule has 2 heterocycles. The molecule has 0 fully saturated rings. The van der Waals surface area contributed by atoms with Gasteiger partial charge in [-0.25, -0.2) is 19.6 Å². The Morgan fingerprint density at radius 3 is 1.18 bits per heavy atom. The van der Waals surface area contributed by atoms with Crippen LogP contribution in [-0.4, -0.2) is 9.97 Å². The van der Waals surface area contributed by atoms with Gasteiger partial charge in [0.1, 0.15) is 0 Å². The maximum atomic E-state index is 12.2. The van der Waals surface area contributed by atoms with Crippen LogP contribution < -0.4 is 11.3 Å². The third-order valence-corrected chi connectivity index (χ3v) is 4.45. The molecule has 3 aromatic carbocycles. The smallest absolute Gasteiger partial charge is 0.347 e. The molecular weight excluding hydrogens is 428 g/mol. The highest BCUT2D eigenvalue weighted by Crippen LogP contribution is 2.23. The summed E-state index contributed by atoms with van der Waals surface area (Å²) in [5.41, 5.74) is 1.53. The predicted molar refractivity (Wildman–Crippen MR) is 139 cm³/mol. The van der Waals surface area contributed by atoms with E-state index in [0.717, 1.165) is 0 Å². The van der Waals surface area contributed by atoms with Crippen molar-refractivity contribution >= 4 is 21.8 Å². The molecule has 34 heavy (non-hydrogen) atoms. The minimum absolute atomic E-state index is 0.225. The van der Waals surface area contributed by atoms with Gasteiger partial charge in [0.25, 0.3) is 0 Å². The monoisotopic (exact) mass is 458 g/mol. The van der Waals surface area contributed by atoms with E-state index in [9.17, 15) is 9.59 Å². The van der Waals surface area contributed by atoms with Crippen LogP contribution in [0.3, 0.4) is 0 Å². The summed E-state index contributed by atoms with van der Waals surface area (Å²) in [6.45, 7) is 12.0. The first-order chi connectivity index (χ1) is 16.7. The van der Waals surface area contributed by atoms with Gasteiger partial charge in [-0.1, -0.05) is 65.8 Å². The lowest BCUT2D eigenvalue weighted by atomic mass is 10.1. The van der Waals surface area contributed by atoms with Gasteiger partial charge in [0.05, 0.1) is 21.8 Å². The zero-order valence-electron chi connectivity index (χ0n) is 20.5. The molecule has 0 aliphatic heterocycles. The Labute approximate surface area is 198 Å². The SMILES string of the molecule is CC.CC.CC.O=c1oc(-c2ccc(-c3nc4ccccc4c(=O)o3)cc2)nc2ccccc12. The summed E-state index contributed by atoms with van der Waals surface area (Å²) in [4.78, 5) is 33.1. The lowest BCUT2D eigenvalue weighted by Crippen LogP contribution is -2.03. The minimum Gasteiger partial charge on any atom is -0.403 e. The molecule has 5 aromatic rings. The Balaban J connectivity index is 0.000000633. The van der Waals surface area contributed by atoms with Crippen LogP contribution in [-0.2, 0) is 0 Å². The van der Waals surface area contributed by atoms with Crippen molar-refractivity contribution in [2.45, 2.75) is 41.5 Å². The predicted octanol–water partition coefficient (Wildman–Crippen LogP) is 7.10. The van der Waals surface area contributed by atoms with E-state index in [1.165, 1.54) is 0 Å². The van der Waals surface area contributed by atoms with Crippen LogP contribution in [0.25, 0.3) is 44.7 Å². The zero-order valence-corrected chi connectivity index (χ0v) is 20.5. The maximum absolute atomic E-state index is 12.2. The van der Waals surface area contributed by atoms with E-state index < -0.39 is 11.3 Å². The van der Waals surface area contributed by atoms with Gasteiger partial charge in [-0.3, -0.25) is 0 Å². The van der Waals surface area contributed by atoms with E-state index in [4.69, 9.17) is 8.83 Å². The topological polar surface area (TPSA) is 86.2 Å². The molecular formula is C28H30N2O4. The molecule has 0 aliphatic rings. The van der Waals surface area contributed by atoms with Crippen LogP contribution in [0, 0.1) is 0 Å². The second kappa shape index (κ2) is 12.8. The summed E-state index contributed by atoms with van der Waals surface area (Å²) >= 11 is 0. The van der Waals surface area contributed by atoms with E-state index >= 15 is 0 Å². The molecule has 0 atom stereocenters. The molecule has 0 saturated heterocycles. The van der Waals surface area contributed by atoms with Crippen LogP contribution in [0.4, 0.5) is 0 Å². The van der Waals surface area contributed by atoms with Gasteiger partial charge in [0.2, 0.25) is 11.8 Å². The standard InChI is InChI=1S/C22H12N2O4.3C2H6/c25-21-15-5-1-3-7-17(15)23-19(27-21)13-9-11-14(12-10-13)20-24-18-8-4-2-6-16(18)22(26)28-20;3*1-2/h1-12H;3*1-2H3. The highest BCUT2D eigenvalue weighted by Gasteiger charge is 2.11. The first-order valence-corrected chi connectivity index (χ1v) is 11.6. The van der Waals surface area contributed by atoms with Crippen molar-refractivity contribution in [2.24, 2.45) is 0 Å². The Hall–Kier alpha value is -4.06. The van der Waals surface area contributed by atoms with Gasteiger partial charge >= 0.3 is 11.3 Å². The van der Waals surface area contributed by atoms with E-state index in [-0.39, 0.29) is 11.8 Å². The molecule has 5 rings (SSSR count). The number of nitrogens with zero attached hydrogens (tertiary/aromatic N) is 2. The maximum Gasteiger partial charge on any atom is 0.347 e. The van der Waals surface area contributed by atoms with Crippen molar-refractivity contribution in [1.29, 1.82) is 0 Å². The van der Waals surface area contributed by atoms with Crippen LogP contribution in [0.5, 0.6) is 0 Å². The summed E-state index contributed by atoms with van der Waals surface area (Å²) in [5.74, 6) is 0.450. The number of fused-ring (bicyclic) bond motifs is 2. The fourth-order valence-corrected chi connectivity index (χ4v) is 3.04. The Morgan fingerprint density at radius 2 is 0.824 bits per heavy atom. The number of hydrogen-bond donors (Lipinski definition) is 0. The van der Waals surface area contributed by atoms with Gasteiger partial charge < -0.3 is 8.83 Å². The molecule has 2 aromatic heterocycles. The van der Waals surface area contributed by atoms with Gasteiger partial charge in [-0.05, 0) is 48.5 Å². The van der Waals surface area contributed by atoms with Crippen molar-refractivity contribution in [1.82, 2.24) is 9.97 Å². The lowest BCUT2D eigenvalue weighted by molar-refractivity contribution is 0.516. The average Bonchev–Trinajstić information content (AvgIpc) is 2.92. The fourth-order valence-electron chi connectivity index (χ4n) is 3.04. The zero-order chi connectivity index (χ0) is 25.1. The van der Waals surface area contributed by atoms with E-state index in [1.54, 1.807) is 60.7 Å². The number of aromatic nitrogens is 2. The molecule has 0 saturated carbocycles. The van der Waals surface area contributed by atoms with Gasteiger partial charge in [0.15, 0.2) is 0 Å². The Morgan fingerprint density at radius 1 is 0.500 bits per heavy atom. The number of hydrogen-bond acceptors (Lipinski definition) is 6. The molecule has 0 unspecified atom stereocenters. The molecule has 6 nitrogen and oxygen atoms in total. The largest absolute Gasteiger partial charge is 0.403 e. The summed E-state index contributed by atoms with van der Waals surface area (Å²) in [5, 5.41) is 0.870. The normalized spacial score (nSPS) is 9.71. The summed E-state index contributed by atoms with van der Waals surface area (Å²) in [6, 6.07) is 21.0. The molecule has 0 aliphatic carbocycles. The molecule has 0 radical (unpaired) electrons. The lowest BCUT2D eigenvalue weighted by Gasteiger charge is -2.04. The number of benzene rings is 3. The van der Waals surface area contributed by atoms with E-state index in [0.29, 0.717) is 32.9 Å². The highest BCUT2D eigenvalue weighted by molar-refractivity contribution is 5.79. The number of para-hydroxylation sites is 2. The van der Waals surface area contributed by atoms with Crippen molar-refractivity contribution in [3.63, 3.8) is 0 Å². The second-order valence-electron chi connectivity index (χ2n) is 6.22. The number of rotatable bonds is 2. The second-order valence-corrected chi connectivity index (χ2v) is 6.22. The van der Waals surface area contributed by atoms with E-state index in [2.05, 4.69) is 9.97 Å². The van der Waals surface area contributed by atoms with E-state index in [1.807, 2.05) is 53.7 Å². The Kier molecular flexibility index (Phi) is 9.90. The van der Waals surface area contributed by atoms with Crippen molar-refractivity contribution in [3.05, 3.63) is 93.6 Å². The van der Waals surface area contributed by atoms with Gasteiger partial charge in [0, 0.05) is 11.1 Å². The molecule has 176 valence electrons.